The molecule has 1 N–H and O–H groups in total. The summed E-state index contributed by atoms with van der Waals surface area (Å²) in [6, 6.07) is 1.90. The van der Waals surface area contributed by atoms with Crippen LogP contribution in [0.3, 0.4) is 0 Å². The number of pyridine rings is 1. The minimum atomic E-state index is 0.701. The third-order valence-corrected chi connectivity index (χ3v) is 2.00. The van der Waals surface area contributed by atoms with Crippen molar-refractivity contribution in [2.75, 3.05) is 20.3 Å². The summed E-state index contributed by atoms with van der Waals surface area (Å²) >= 11 is 5.90. The summed E-state index contributed by atoms with van der Waals surface area (Å²) in [5, 5.41) is 3.91. The molecule has 0 amide bonds. The van der Waals surface area contributed by atoms with Gasteiger partial charge in [0.15, 0.2) is 0 Å². The first-order chi connectivity index (χ1) is 6.34. The van der Waals surface area contributed by atoms with Crippen LogP contribution in [0, 0.1) is 0 Å². The normalized spacial score (nSPS) is 10.3. The minimum Gasteiger partial charge on any atom is -0.383 e. The van der Waals surface area contributed by atoms with Crippen molar-refractivity contribution in [3.63, 3.8) is 0 Å². The molecule has 0 atom stereocenters. The molecule has 3 nitrogen and oxygen atoms in total. The number of ether oxygens (including phenoxy) is 1. The summed E-state index contributed by atoms with van der Waals surface area (Å²) in [5.74, 6) is 0. The SMILES string of the molecule is COCCNCc1ccncc1Cl. The Kier molecular flexibility index (Phi) is 4.75. The Hall–Kier alpha value is -0.640. The van der Waals surface area contributed by atoms with Crippen LogP contribution in [0.25, 0.3) is 0 Å². The van der Waals surface area contributed by atoms with Gasteiger partial charge in [-0.05, 0) is 11.6 Å². The zero-order chi connectivity index (χ0) is 9.52. The number of methoxy groups -OCH3 is 1. The van der Waals surface area contributed by atoms with Gasteiger partial charge in [0.1, 0.15) is 0 Å². The summed E-state index contributed by atoms with van der Waals surface area (Å²) < 4.78 is 4.90. The van der Waals surface area contributed by atoms with E-state index >= 15 is 0 Å². The molecule has 13 heavy (non-hydrogen) atoms. The van der Waals surface area contributed by atoms with Crippen LogP contribution < -0.4 is 5.32 Å². The van der Waals surface area contributed by atoms with Gasteiger partial charge in [-0.2, -0.15) is 0 Å². The third kappa shape index (κ3) is 3.72. The molecule has 1 aromatic rings. The highest BCUT2D eigenvalue weighted by atomic mass is 35.5. The Balaban J connectivity index is 2.32. The molecule has 0 aliphatic carbocycles. The molecule has 0 spiro atoms. The third-order valence-electron chi connectivity index (χ3n) is 1.65. The van der Waals surface area contributed by atoms with Gasteiger partial charge >= 0.3 is 0 Å². The minimum absolute atomic E-state index is 0.701. The quantitative estimate of drug-likeness (QED) is 0.731. The van der Waals surface area contributed by atoms with Crippen molar-refractivity contribution < 1.29 is 4.74 Å². The summed E-state index contributed by atoms with van der Waals surface area (Å²) in [6.07, 6.45) is 3.38. The number of halogens is 1. The van der Waals surface area contributed by atoms with Crippen LogP contribution in [0.2, 0.25) is 5.02 Å². The van der Waals surface area contributed by atoms with Crippen molar-refractivity contribution in [1.29, 1.82) is 0 Å². The Morgan fingerprint density at radius 2 is 2.46 bits per heavy atom. The van der Waals surface area contributed by atoms with Gasteiger partial charge in [-0.25, -0.2) is 0 Å². The molecular formula is C9H13ClN2O. The van der Waals surface area contributed by atoms with Crippen molar-refractivity contribution in [2.45, 2.75) is 6.54 Å². The van der Waals surface area contributed by atoms with Crippen LogP contribution in [0.5, 0.6) is 0 Å². The second-order valence-corrected chi connectivity index (χ2v) is 3.04. The van der Waals surface area contributed by atoms with Crippen LogP contribution in [-0.4, -0.2) is 25.2 Å². The molecule has 0 aromatic carbocycles. The lowest BCUT2D eigenvalue weighted by Crippen LogP contribution is -2.18. The molecule has 0 aliphatic rings. The van der Waals surface area contributed by atoms with Crippen molar-refractivity contribution in [1.82, 2.24) is 10.3 Å². The Morgan fingerprint density at radius 1 is 1.62 bits per heavy atom. The van der Waals surface area contributed by atoms with Gasteiger partial charge in [-0.15, -0.1) is 0 Å². The molecule has 1 aromatic heterocycles. The number of nitrogens with zero attached hydrogens (tertiary/aromatic N) is 1. The van der Waals surface area contributed by atoms with Gasteiger partial charge in [0, 0.05) is 32.6 Å². The zero-order valence-corrected chi connectivity index (χ0v) is 8.34. The monoisotopic (exact) mass is 200 g/mol. The molecule has 0 radical (unpaired) electrons. The predicted octanol–water partition coefficient (Wildman–Crippen LogP) is 1.47. The molecule has 1 heterocycles. The van der Waals surface area contributed by atoms with Gasteiger partial charge in [0.25, 0.3) is 0 Å². The van der Waals surface area contributed by atoms with Crippen molar-refractivity contribution in [2.24, 2.45) is 0 Å². The van der Waals surface area contributed by atoms with E-state index in [2.05, 4.69) is 10.3 Å². The average Bonchev–Trinajstić information content (AvgIpc) is 2.15. The number of nitrogens with one attached hydrogen (secondary N) is 1. The van der Waals surface area contributed by atoms with E-state index in [4.69, 9.17) is 16.3 Å². The van der Waals surface area contributed by atoms with E-state index in [1.54, 1.807) is 19.5 Å². The predicted molar refractivity (Wildman–Crippen MR) is 52.8 cm³/mol. The molecule has 0 aliphatic heterocycles. The summed E-state index contributed by atoms with van der Waals surface area (Å²) in [6.45, 7) is 2.29. The maximum atomic E-state index is 5.90. The maximum absolute atomic E-state index is 5.90. The summed E-state index contributed by atoms with van der Waals surface area (Å²) in [4.78, 5) is 3.90. The Bertz CT molecular complexity index is 255. The van der Waals surface area contributed by atoms with Crippen molar-refractivity contribution in [3.05, 3.63) is 29.0 Å². The molecular weight excluding hydrogens is 188 g/mol. The molecule has 1 rings (SSSR count). The van der Waals surface area contributed by atoms with Crippen LogP contribution in [-0.2, 0) is 11.3 Å². The first-order valence-electron chi connectivity index (χ1n) is 4.12. The van der Waals surface area contributed by atoms with Gasteiger partial charge in [0.05, 0.1) is 11.6 Å². The molecule has 0 saturated carbocycles. The lowest BCUT2D eigenvalue weighted by molar-refractivity contribution is 0.199. The standard InChI is InChI=1S/C9H13ClN2O/c1-13-5-4-12-6-8-2-3-11-7-9(8)10/h2-3,7,12H,4-6H2,1H3. The highest BCUT2D eigenvalue weighted by molar-refractivity contribution is 6.31. The van der Waals surface area contributed by atoms with Crippen LogP contribution >= 0.6 is 11.6 Å². The summed E-state index contributed by atoms with van der Waals surface area (Å²) in [7, 11) is 1.68. The Labute approximate surface area is 83.1 Å². The highest BCUT2D eigenvalue weighted by Gasteiger charge is 1.97. The van der Waals surface area contributed by atoms with Crippen molar-refractivity contribution >= 4 is 11.6 Å². The van der Waals surface area contributed by atoms with Crippen molar-refractivity contribution in [3.8, 4) is 0 Å². The number of hydrogen-bond donors (Lipinski definition) is 1. The molecule has 0 unspecified atom stereocenters. The topological polar surface area (TPSA) is 34.1 Å². The van der Waals surface area contributed by atoms with Gasteiger partial charge in [-0.1, -0.05) is 11.6 Å². The fraction of sp³-hybridized carbons (Fsp3) is 0.444. The molecule has 0 bridgehead atoms. The number of hydrogen-bond acceptors (Lipinski definition) is 3. The summed E-state index contributed by atoms with van der Waals surface area (Å²) in [5.41, 5.74) is 1.06. The number of aromatic nitrogens is 1. The first kappa shape index (κ1) is 10.4. The second kappa shape index (κ2) is 5.91. The average molecular weight is 201 g/mol. The highest BCUT2D eigenvalue weighted by Crippen LogP contribution is 2.12. The van der Waals surface area contributed by atoms with E-state index in [0.717, 1.165) is 18.7 Å². The van der Waals surface area contributed by atoms with Gasteiger partial charge in [-0.3, -0.25) is 4.98 Å². The fourth-order valence-corrected chi connectivity index (χ4v) is 1.13. The fourth-order valence-electron chi connectivity index (χ4n) is 0.945. The molecule has 0 fully saturated rings. The zero-order valence-electron chi connectivity index (χ0n) is 7.59. The maximum Gasteiger partial charge on any atom is 0.0634 e. The lowest BCUT2D eigenvalue weighted by atomic mass is 10.3. The molecule has 72 valence electrons. The van der Waals surface area contributed by atoms with E-state index in [1.807, 2.05) is 6.07 Å². The number of rotatable bonds is 5. The van der Waals surface area contributed by atoms with E-state index in [-0.39, 0.29) is 0 Å². The van der Waals surface area contributed by atoms with Crippen LogP contribution in [0.4, 0.5) is 0 Å². The van der Waals surface area contributed by atoms with E-state index in [1.165, 1.54) is 0 Å². The van der Waals surface area contributed by atoms with Gasteiger partial charge < -0.3 is 10.1 Å². The van der Waals surface area contributed by atoms with E-state index in [9.17, 15) is 0 Å². The molecule has 4 heteroatoms. The van der Waals surface area contributed by atoms with E-state index in [0.29, 0.717) is 11.6 Å². The smallest absolute Gasteiger partial charge is 0.0634 e. The largest absolute Gasteiger partial charge is 0.383 e. The second-order valence-electron chi connectivity index (χ2n) is 2.64. The molecule has 0 saturated heterocycles. The Morgan fingerprint density at radius 3 is 3.15 bits per heavy atom. The van der Waals surface area contributed by atoms with Gasteiger partial charge in [0.2, 0.25) is 0 Å². The lowest BCUT2D eigenvalue weighted by Gasteiger charge is -2.04. The van der Waals surface area contributed by atoms with E-state index < -0.39 is 0 Å². The first-order valence-corrected chi connectivity index (χ1v) is 4.50. The van der Waals surface area contributed by atoms with Crippen LogP contribution in [0.1, 0.15) is 5.56 Å². The van der Waals surface area contributed by atoms with Crippen LogP contribution in [0.15, 0.2) is 18.5 Å².